The molecule has 1 saturated heterocycles. The third kappa shape index (κ3) is 3.96. The van der Waals surface area contributed by atoms with E-state index in [4.69, 9.17) is 4.42 Å². The van der Waals surface area contributed by atoms with Crippen LogP contribution in [-0.4, -0.2) is 44.1 Å². The lowest BCUT2D eigenvalue weighted by Gasteiger charge is -2.32. The van der Waals surface area contributed by atoms with Crippen molar-refractivity contribution in [2.24, 2.45) is 0 Å². The van der Waals surface area contributed by atoms with Gasteiger partial charge in [-0.05, 0) is 18.9 Å². The van der Waals surface area contributed by atoms with Gasteiger partial charge >= 0.3 is 0 Å². The minimum atomic E-state index is 0.137. The maximum Gasteiger partial charge on any atom is 0.223 e. The van der Waals surface area contributed by atoms with E-state index in [0.717, 1.165) is 31.6 Å². The molecule has 0 bridgehead atoms. The van der Waals surface area contributed by atoms with Crippen molar-refractivity contribution in [1.82, 2.24) is 25.1 Å². The van der Waals surface area contributed by atoms with Crippen LogP contribution in [0.5, 0.6) is 0 Å². The van der Waals surface area contributed by atoms with Crippen LogP contribution in [0.4, 0.5) is 0 Å². The van der Waals surface area contributed by atoms with E-state index in [2.05, 4.69) is 20.2 Å². The topological polar surface area (TPSA) is 85.0 Å². The van der Waals surface area contributed by atoms with Crippen molar-refractivity contribution in [3.63, 3.8) is 0 Å². The first-order valence-corrected chi connectivity index (χ1v) is 8.49. The number of amides is 1. The van der Waals surface area contributed by atoms with Crippen molar-refractivity contribution in [3.8, 4) is 0 Å². The van der Waals surface area contributed by atoms with Crippen LogP contribution in [0.15, 0.2) is 23.0 Å². The van der Waals surface area contributed by atoms with E-state index in [-0.39, 0.29) is 11.8 Å². The Morgan fingerprint density at radius 2 is 2.29 bits per heavy atom. The summed E-state index contributed by atoms with van der Waals surface area (Å²) in [4.78, 5) is 22.7. The molecule has 128 valence electrons. The number of hydrogen-bond donors (Lipinski definition) is 0. The van der Waals surface area contributed by atoms with Crippen molar-refractivity contribution in [1.29, 1.82) is 0 Å². The van der Waals surface area contributed by atoms with Crippen LogP contribution in [0.3, 0.4) is 0 Å². The van der Waals surface area contributed by atoms with E-state index in [1.807, 2.05) is 24.8 Å². The van der Waals surface area contributed by atoms with E-state index in [9.17, 15) is 4.79 Å². The standard InChI is InChI=1S/C17H23N5O2/c1-12(2)17-21-20-15(24-17)5-6-16(23)22-9-3-4-13(10-22)14-7-8-18-11-19-14/h7-8,11-13H,3-6,9-10H2,1-2H3/t13-/m0/s1. The number of nitrogens with zero attached hydrogens (tertiary/aromatic N) is 5. The van der Waals surface area contributed by atoms with Gasteiger partial charge in [-0.2, -0.15) is 0 Å². The lowest BCUT2D eigenvalue weighted by molar-refractivity contribution is -0.132. The normalized spacial score (nSPS) is 18.1. The number of rotatable bonds is 5. The minimum absolute atomic E-state index is 0.137. The zero-order valence-electron chi connectivity index (χ0n) is 14.2. The smallest absolute Gasteiger partial charge is 0.223 e. The summed E-state index contributed by atoms with van der Waals surface area (Å²) in [7, 11) is 0. The number of aromatic nitrogens is 4. The molecule has 0 spiro atoms. The molecule has 0 saturated carbocycles. The number of piperidine rings is 1. The Morgan fingerprint density at radius 1 is 1.42 bits per heavy atom. The van der Waals surface area contributed by atoms with Crippen molar-refractivity contribution in [2.75, 3.05) is 13.1 Å². The summed E-state index contributed by atoms with van der Waals surface area (Å²) >= 11 is 0. The molecule has 0 N–H and O–H groups in total. The molecule has 3 rings (SSSR count). The van der Waals surface area contributed by atoms with E-state index in [1.165, 1.54) is 0 Å². The predicted molar refractivity (Wildman–Crippen MR) is 87.3 cm³/mol. The average molecular weight is 329 g/mol. The van der Waals surface area contributed by atoms with E-state index >= 15 is 0 Å². The molecule has 2 aromatic rings. The molecule has 0 aliphatic carbocycles. The second-order valence-electron chi connectivity index (χ2n) is 6.50. The van der Waals surface area contributed by atoms with Crippen molar-refractivity contribution < 1.29 is 9.21 Å². The second kappa shape index (κ2) is 7.51. The second-order valence-corrected chi connectivity index (χ2v) is 6.50. The predicted octanol–water partition coefficient (Wildman–Crippen LogP) is 2.32. The van der Waals surface area contributed by atoms with Gasteiger partial charge in [-0.1, -0.05) is 13.8 Å². The molecule has 0 radical (unpaired) electrons. The lowest BCUT2D eigenvalue weighted by Crippen LogP contribution is -2.39. The summed E-state index contributed by atoms with van der Waals surface area (Å²) in [6, 6.07) is 1.94. The number of carbonyl (C=O) groups excluding carboxylic acids is 1. The Morgan fingerprint density at radius 3 is 3.00 bits per heavy atom. The molecule has 1 atom stereocenters. The number of likely N-dealkylation sites (tertiary alicyclic amines) is 1. The van der Waals surface area contributed by atoms with Gasteiger partial charge in [0, 0.05) is 49.7 Å². The van der Waals surface area contributed by atoms with Crippen molar-refractivity contribution in [3.05, 3.63) is 36.1 Å². The third-order valence-corrected chi connectivity index (χ3v) is 4.33. The molecule has 1 aliphatic heterocycles. The van der Waals surface area contributed by atoms with Crippen LogP contribution < -0.4 is 0 Å². The quantitative estimate of drug-likeness (QED) is 0.837. The average Bonchev–Trinajstić information content (AvgIpc) is 3.10. The highest BCUT2D eigenvalue weighted by molar-refractivity contribution is 5.76. The molecule has 7 heteroatoms. The highest BCUT2D eigenvalue weighted by Crippen LogP contribution is 2.25. The van der Waals surface area contributed by atoms with Crippen molar-refractivity contribution in [2.45, 2.75) is 51.4 Å². The first-order valence-electron chi connectivity index (χ1n) is 8.49. The largest absolute Gasteiger partial charge is 0.425 e. The summed E-state index contributed by atoms with van der Waals surface area (Å²) in [6.07, 6.45) is 6.27. The molecular formula is C17H23N5O2. The molecular weight excluding hydrogens is 306 g/mol. The van der Waals surface area contributed by atoms with Crippen LogP contribution in [-0.2, 0) is 11.2 Å². The van der Waals surface area contributed by atoms with Gasteiger partial charge in [0.1, 0.15) is 6.33 Å². The van der Waals surface area contributed by atoms with Crippen LogP contribution in [0.1, 0.15) is 62.4 Å². The SMILES string of the molecule is CC(C)c1nnc(CCC(=O)N2CCC[C@H](c3ccncn3)C2)o1. The molecule has 3 heterocycles. The molecule has 0 aromatic carbocycles. The Balaban J connectivity index is 1.54. The van der Waals surface area contributed by atoms with Crippen LogP contribution in [0, 0.1) is 0 Å². The van der Waals surface area contributed by atoms with Gasteiger partial charge in [-0.25, -0.2) is 9.97 Å². The highest BCUT2D eigenvalue weighted by Gasteiger charge is 2.25. The zero-order valence-corrected chi connectivity index (χ0v) is 14.2. The summed E-state index contributed by atoms with van der Waals surface area (Å²) < 4.78 is 5.56. The minimum Gasteiger partial charge on any atom is -0.425 e. The van der Waals surface area contributed by atoms with Gasteiger partial charge in [0.2, 0.25) is 17.7 Å². The Labute approximate surface area is 141 Å². The van der Waals surface area contributed by atoms with E-state index in [1.54, 1.807) is 12.5 Å². The van der Waals surface area contributed by atoms with Crippen molar-refractivity contribution >= 4 is 5.91 Å². The molecule has 2 aromatic heterocycles. The fourth-order valence-electron chi connectivity index (χ4n) is 2.96. The summed E-state index contributed by atoms with van der Waals surface area (Å²) in [5.74, 6) is 1.80. The van der Waals surface area contributed by atoms with Gasteiger partial charge in [-0.15, -0.1) is 10.2 Å². The van der Waals surface area contributed by atoms with Crippen LogP contribution in [0.25, 0.3) is 0 Å². The third-order valence-electron chi connectivity index (χ3n) is 4.33. The van der Waals surface area contributed by atoms with E-state index < -0.39 is 0 Å². The monoisotopic (exact) mass is 329 g/mol. The van der Waals surface area contributed by atoms with Gasteiger partial charge in [0.15, 0.2) is 0 Å². The first-order chi connectivity index (χ1) is 11.6. The molecule has 24 heavy (non-hydrogen) atoms. The van der Waals surface area contributed by atoms with Gasteiger partial charge in [0.05, 0.1) is 0 Å². The lowest BCUT2D eigenvalue weighted by atomic mass is 9.94. The Hall–Kier alpha value is -2.31. The summed E-state index contributed by atoms with van der Waals surface area (Å²) in [5, 5.41) is 8.01. The summed E-state index contributed by atoms with van der Waals surface area (Å²) in [5.41, 5.74) is 1.01. The maximum absolute atomic E-state index is 12.5. The fraction of sp³-hybridized carbons (Fsp3) is 0.588. The zero-order chi connectivity index (χ0) is 16.9. The molecule has 7 nitrogen and oxygen atoms in total. The van der Waals surface area contributed by atoms with Gasteiger partial charge in [-0.3, -0.25) is 4.79 Å². The first kappa shape index (κ1) is 16.5. The molecule has 1 fully saturated rings. The van der Waals surface area contributed by atoms with E-state index in [0.29, 0.717) is 30.5 Å². The fourth-order valence-corrected chi connectivity index (χ4v) is 2.96. The Bertz CT molecular complexity index is 671. The number of aryl methyl sites for hydroxylation is 1. The van der Waals surface area contributed by atoms with Gasteiger partial charge < -0.3 is 9.32 Å². The van der Waals surface area contributed by atoms with Crippen LogP contribution in [0.2, 0.25) is 0 Å². The van der Waals surface area contributed by atoms with Gasteiger partial charge in [0.25, 0.3) is 0 Å². The number of carbonyl (C=O) groups is 1. The highest BCUT2D eigenvalue weighted by atomic mass is 16.4. The maximum atomic E-state index is 12.5. The number of hydrogen-bond acceptors (Lipinski definition) is 6. The molecule has 0 unspecified atom stereocenters. The molecule has 1 amide bonds. The Kier molecular flexibility index (Phi) is 5.17. The summed E-state index contributed by atoms with van der Waals surface area (Å²) in [6.45, 7) is 5.53. The van der Waals surface area contributed by atoms with Crippen LogP contribution >= 0.6 is 0 Å². The molecule has 1 aliphatic rings.